The fourth-order valence-electron chi connectivity index (χ4n) is 3.13. The first-order valence-corrected chi connectivity index (χ1v) is 8.49. The number of morpholine rings is 1. The molecule has 1 aliphatic heterocycles. The standard InChI is InChI=1S/C20H18N4O2/c1-14-22-17(18-6-3-8-25-18)11-20(23-14)24-7-9-26-19(13-24)16-5-2-4-15(10-16)12-21/h2-6,8,10-11,19H,7,9,13H2,1H3. The Kier molecular flexibility index (Phi) is 4.38. The van der Waals surface area contributed by atoms with Crippen LogP contribution in [0.5, 0.6) is 0 Å². The van der Waals surface area contributed by atoms with Crippen LogP contribution < -0.4 is 4.90 Å². The molecule has 130 valence electrons. The van der Waals surface area contributed by atoms with Gasteiger partial charge < -0.3 is 14.1 Å². The van der Waals surface area contributed by atoms with Crippen LogP contribution in [0.4, 0.5) is 5.82 Å². The quantitative estimate of drug-likeness (QED) is 0.722. The monoisotopic (exact) mass is 346 g/mol. The molecule has 0 saturated carbocycles. The van der Waals surface area contributed by atoms with E-state index in [-0.39, 0.29) is 6.10 Å². The van der Waals surface area contributed by atoms with Crippen molar-refractivity contribution < 1.29 is 9.15 Å². The molecule has 1 fully saturated rings. The number of aryl methyl sites for hydroxylation is 1. The molecule has 26 heavy (non-hydrogen) atoms. The number of hydrogen-bond donors (Lipinski definition) is 0. The minimum atomic E-state index is -0.0978. The van der Waals surface area contributed by atoms with Crippen molar-refractivity contribution in [2.45, 2.75) is 13.0 Å². The molecule has 0 bridgehead atoms. The van der Waals surface area contributed by atoms with E-state index in [1.165, 1.54) is 0 Å². The highest BCUT2D eigenvalue weighted by molar-refractivity contribution is 5.58. The smallest absolute Gasteiger partial charge is 0.152 e. The van der Waals surface area contributed by atoms with Crippen LogP contribution in [0, 0.1) is 18.3 Å². The van der Waals surface area contributed by atoms with Crippen LogP contribution in [0.25, 0.3) is 11.5 Å². The predicted molar refractivity (Wildman–Crippen MR) is 96.5 cm³/mol. The number of ether oxygens (including phenoxy) is 1. The largest absolute Gasteiger partial charge is 0.463 e. The van der Waals surface area contributed by atoms with Gasteiger partial charge in [-0.2, -0.15) is 5.26 Å². The fourth-order valence-corrected chi connectivity index (χ4v) is 3.13. The summed E-state index contributed by atoms with van der Waals surface area (Å²) >= 11 is 0. The summed E-state index contributed by atoms with van der Waals surface area (Å²) in [6.45, 7) is 3.90. The fraction of sp³-hybridized carbons (Fsp3) is 0.250. The van der Waals surface area contributed by atoms with Gasteiger partial charge in [-0.1, -0.05) is 12.1 Å². The Hall–Kier alpha value is -3.17. The van der Waals surface area contributed by atoms with Crippen molar-refractivity contribution >= 4 is 5.82 Å². The SMILES string of the molecule is Cc1nc(-c2ccco2)cc(N2CCOC(c3cccc(C#N)c3)C2)n1. The van der Waals surface area contributed by atoms with Crippen LogP contribution in [0.2, 0.25) is 0 Å². The van der Waals surface area contributed by atoms with Crippen LogP contribution in [0.15, 0.2) is 53.1 Å². The lowest BCUT2D eigenvalue weighted by Crippen LogP contribution is -2.39. The van der Waals surface area contributed by atoms with E-state index in [2.05, 4.69) is 20.9 Å². The molecule has 0 aliphatic carbocycles. The van der Waals surface area contributed by atoms with Gasteiger partial charge in [0.2, 0.25) is 0 Å². The Balaban J connectivity index is 1.61. The maximum Gasteiger partial charge on any atom is 0.152 e. The number of anilines is 1. The van der Waals surface area contributed by atoms with E-state index in [4.69, 9.17) is 14.4 Å². The second kappa shape index (κ2) is 6.98. The van der Waals surface area contributed by atoms with Gasteiger partial charge in [-0.3, -0.25) is 0 Å². The van der Waals surface area contributed by atoms with E-state index in [1.54, 1.807) is 12.3 Å². The van der Waals surface area contributed by atoms with Gasteiger partial charge >= 0.3 is 0 Å². The van der Waals surface area contributed by atoms with E-state index in [9.17, 15) is 0 Å². The van der Waals surface area contributed by atoms with Crippen LogP contribution in [0.3, 0.4) is 0 Å². The highest BCUT2D eigenvalue weighted by Crippen LogP contribution is 2.28. The van der Waals surface area contributed by atoms with Gasteiger partial charge in [-0.25, -0.2) is 9.97 Å². The average Bonchev–Trinajstić information content (AvgIpc) is 3.23. The zero-order valence-corrected chi connectivity index (χ0v) is 14.4. The molecule has 1 aliphatic rings. The molecule has 6 heteroatoms. The molecule has 4 rings (SSSR count). The van der Waals surface area contributed by atoms with Crippen molar-refractivity contribution in [2.75, 3.05) is 24.6 Å². The minimum absolute atomic E-state index is 0.0978. The molecular formula is C20H18N4O2. The van der Waals surface area contributed by atoms with Gasteiger partial charge in [0.05, 0.1) is 24.5 Å². The Morgan fingerprint density at radius 3 is 2.92 bits per heavy atom. The molecular weight excluding hydrogens is 328 g/mol. The van der Waals surface area contributed by atoms with E-state index in [1.807, 2.05) is 43.3 Å². The summed E-state index contributed by atoms with van der Waals surface area (Å²) in [5.74, 6) is 2.28. The first kappa shape index (κ1) is 16.3. The highest BCUT2D eigenvalue weighted by atomic mass is 16.5. The van der Waals surface area contributed by atoms with Gasteiger partial charge in [-0.15, -0.1) is 0 Å². The number of hydrogen-bond acceptors (Lipinski definition) is 6. The Morgan fingerprint density at radius 2 is 2.12 bits per heavy atom. The lowest BCUT2D eigenvalue weighted by atomic mass is 10.0. The Morgan fingerprint density at radius 1 is 1.19 bits per heavy atom. The molecule has 0 spiro atoms. The molecule has 0 radical (unpaired) electrons. The zero-order valence-electron chi connectivity index (χ0n) is 14.4. The average molecular weight is 346 g/mol. The third-order valence-corrected chi connectivity index (χ3v) is 4.38. The number of nitriles is 1. The molecule has 1 unspecified atom stereocenters. The van der Waals surface area contributed by atoms with E-state index < -0.39 is 0 Å². The zero-order chi connectivity index (χ0) is 17.9. The third kappa shape index (κ3) is 3.30. The van der Waals surface area contributed by atoms with Gasteiger partial charge in [0.15, 0.2) is 5.76 Å². The van der Waals surface area contributed by atoms with Crippen LogP contribution in [-0.4, -0.2) is 29.7 Å². The van der Waals surface area contributed by atoms with Crippen molar-refractivity contribution in [3.63, 3.8) is 0 Å². The maximum absolute atomic E-state index is 9.11. The van der Waals surface area contributed by atoms with Gasteiger partial charge in [0.25, 0.3) is 0 Å². The molecule has 6 nitrogen and oxygen atoms in total. The Labute approximate surface area is 151 Å². The molecule has 1 atom stereocenters. The van der Waals surface area contributed by atoms with E-state index in [0.717, 1.165) is 29.4 Å². The second-order valence-electron chi connectivity index (χ2n) is 6.18. The lowest BCUT2D eigenvalue weighted by molar-refractivity contribution is 0.0395. The third-order valence-electron chi connectivity index (χ3n) is 4.38. The normalized spacial score (nSPS) is 17.1. The van der Waals surface area contributed by atoms with Crippen molar-refractivity contribution in [2.24, 2.45) is 0 Å². The summed E-state index contributed by atoms with van der Waals surface area (Å²) in [7, 11) is 0. The van der Waals surface area contributed by atoms with Crippen molar-refractivity contribution in [1.29, 1.82) is 5.26 Å². The summed E-state index contributed by atoms with van der Waals surface area (Å²) in [5.41, 5.74) is 2.42. The van der Waals surface area contributed by atoms with Gasteiger partial charge in [0.1, 0.15) is 23.4 Å². The number of aromatic nitrogens is 2. The number of nitrogens with zero attached hydrogens (tertiary/aromatic N) is 4. The number of benzene rings is 1. The number of furan rings is 1. The summed E-state index contributed by atoms with van der Waals surface area (Å²) < 4.78 is 11.4. The van der Waals surface area contributed by atoms with Crippen LogP contribution >= 0.6 is 0 Å². The van der Waals surface area contributed by atoms with E-state index >= 15 is 0 Å². The summed E-state index contributed by atoms with van der Waals surface area (Å²) in [5, 5.41) is 9.11. The van der Waals surface area contributed by atoms with Gasteiger partial charge in [0, 0.05) is 19.2 Å². The Bertz CT molecular complexity index is 947. The maximum atomic E-state index is 9.11. The molecule has 3 aromatic rings. The molecule has 3 heterocycles. The summed E-state index contributed by atoms with van der Waals surface area (Å²) in [6.07, 6.45) is 1.54. The second-order valence-corrected chi connectivity index (χ2v) is 6.18. The minimum Gasteiger partial charge on any atom is -0.463 e. The topological polar surface area (TPSA) is 75.2 Å². The summed E-state index contributed by atoms with van der Waals surface area (Å²) in [4.78, 5) is 11.3. The first-order chi connectivity index (χ1) is 12.7. The molecule has 0 amide bonds. The first-order valence-electron chi connectivity index (χ1n) is 8.49. The highest BCUT2D eigenvalue weighted by Gasteiger charge is 2.24. The lowest BCUT2D eigenvalue weighted by Gasteiger charge is -2.34. The van der Waals surface area contributed by atoms with Crippen molar-refractivity contribution in [3.8, 4) is 17.5 Å². The number of rotatable bonds is 3. The predicted octanol–water partition coefficient (Wildman–Crippen LogP) is 3.49. The molecule has 2 aromatic heterocycles. The summed E-state index contributed by atoms with van der Waals surface area (Å²) in [6, 6.07) is 15.4. The van der Waals surface area contributed by atoms with Gasteiger partial charge in [-0.05, 0) is 36.8 Å². The van der Waals surface area contributed by atoms with E-state index in [0.29, 0.717) is 24.5 Å². The van der Waals surface area contributed by atoms with Crippen molar-refractivity contribution in [1.82, 2.24) is 9.97 Å². The van der Waals surface area contributed by atoms with Crippen molar-refractivity contribution in [3.05, 3.63) is 65.7 Å². The van der Waals surface area contributed by atoms with Crippen LogP contribution in [0.1, 0.15) is 23.1 Å². The molecule has 1 aromatic carbocycles. The molecule has 0 N–H and O–H groups in total. The molecule has 1 saturated heterocycles. The van der Waals surface area contributed by atoms with Crippen LogP contribution in [-0.2, 0) is 4.74 Å².